The van der Waals surface area contributed by atoms with E-state index >= 15 is 0 Å². The summed E-state index contributed by atoms with van der Waals surface area (Å²) in [6.07, 6.45) is 1.60. The highest BCUT2D eigenvalue weighted by Crippen LogP contribution is 2.20. The number of para-hydroxylation sites is 1. The van der Waals surface area contributed by atoms with Crippen molar-refractivity contribution in [2.24, 2.45) is 33.8 Å². The van der Waals surface area contributed by atoms with E-state index in [0.717, 1.165) is 0 Å². The summed E-state index contributed by atoms with van der Waals surface area (Å²) in [5.74, 6) is -15.4. The first-order valence-corrected chi connectivity index (χ1v) is 30.5. The third-order valence-corrected chi connectivity index (χ3v) is 14.7. The standard InChI is InChI=1S/C58H88N20O16/c1-28(2)19-39-54(91)74-38(15-16-46(82)83)52(89)77-42(22-44(60)80)56(93)76-41(21-33-24-63-27-67-33)53(90)70-30(4)48(85)68-29(3)47(84)69-31(5)49(86)72-37(13-8-9-17-59)51(88)78-43(26-79)57(94)75-40(20-32-23-65-35-12-7-6-11-34(32)35)55(92)73-36(14-10-18-64-58(61)62)50(87)66-25-45(81)71-39/h6-7,11-12,23-24,27-31,36-43,65,79H,8-10,13-22,25-26,59H2,1-5H3,(H2,60,80)(H,63,67)(H,66,87)(H,68,85)(H,69,84)(H,70,90)(H,71,81)(H,72,86)(H,73,92)(H,74,91)(H,75,94)(H,76,93)(H,77,89)(H,78,88)(H,82,83)(H4,61,62,64)/t29-,30-,31-,36-,37-,38-,39-,40-,41-,42-,43-/m0/s1. The molecule has 4 rings (SSSR count). The molecule has 3 aromatic rings. The van der Waals surface area contributed by atoms with Gasteiger partial charge in [0.1, 0.15) is 66.5 Å². The molecule has 1 aromatic carbocycles. The number of carboxylic acids is 1. The minimum Gasteiger partial charge on any atom is -0.481 e. The Hall–Kier alpha value is -10.3. The number of nitrogens with one attached hydrogen (secondary N) is 14. The van der Waals surface area contributed by atoms with E-state index in [2.05, 4.69) is 83.7 Å². The maximum absolute atomic E-state index is 14.6. The van der Waals surface area contributed by atoms with Crippen LogP contribution in [0.5, 0.6) is 0 Å². The number of aliphatic hydroxyl groups excluding tert-OH is 1. The van der Waals surface area contributed by atoms with Crippen molar-refractivity contribution in [2.75, 3.05) is 26.2 Å². The summed E-state index contributed by atoms with van der Waals surface area (Å²) in [5, 5.41) is 50.2. The molecule has 94 heavy (non-hydrogen) atoms. The maximum Gasteiger partial charge on any atom is 0.303 e. The Kier molecular flexibility index (Phi) is 30.7. The van der Waals surface area contributed by atoms with E-state index in [-0.39, 0.29) is 75.6 Å². The van der Waals surface area contributed by atoms with E-state index in [9.17, 15) is 77.3 Å². The number of guanidine groups is 1. The van der Waals surface area contributed by atoms with Crippen molar-refractivity contribution in [3.8, 4) is 0 Å². The van der Waals surface area contributed by atoms with Gasteiger partial charge in [0.25, 0.3) is 0 Å². The molecule has 0 unspecified atom stereocenters. The number of aliphatic hydroxyl groups is 1. The van der Waals surface area contributed by atoms with Crippen molar-refractivity contribution in [1.82, 2.24) is 78.8 Å². The van der Waals surface area contributed by atoms with Gasteiger partial charge < -0.3 is 107 Å². The van der Waals surface area contributed by atoms with Crippen LogP contribution in [0.4, 0.5) is 0 Å². The summed E-state index contributed by atoms with van der Waals surface area (Å²) in [7, 11) is 0. The van der Waals surface area contributed by atoms with E-state index in [1.165, 1.54) is 33.3 Å². The van der Waals surface area contributed by atoms with Gasteiger partial charge in [0.05, 0.1) is 25.9 Å². The Balaban J connectivity index is 1.78. The molecule has 24 N–H and O–H groups in total. The molecule has 11 atom stereocenters. The number of hydrogen-bond donors (Lipinski definition) is 20. The highest BCUT2D eigenvalue weighted by Gasteiger charge is 2.37. The first-order valence-electron chi connectivity index (χ1n) is 30.5. The number of carbonyl (C=O) groups is 14. The Morgan fingerprint density at radius 3 is 1.64 bits per heavy atom. The molecule has 1 aliphatic heterocycles. The molecule has 0 saturated carbocycles. The average Bonchev–Trinajstić information content (AvgIpc) is 1.65. The van der Waals surface area contributed by atoms with Gasteiger partial charge in [-0.3, -0.25) is 72.1 Å². The van der Waals surface area contributed by atoms with Crippen molar-refractivity contribution >= 4 is 99.6 Å². The number of rotatable bonds is 20. The number of aromatic nitrogens is 3. The first-order chi connectivity index (χ1) is 44.5. The van der Waals surface area contributed by atoms with Crippen LogP contribution in [0.3, 0.4) is 0 Å². The van der Waals surface area contributed by atoms with Crippen molar-refractivity contribution in [1.29, 1.82) is 0 Å². The number of nitrogens with zero attached hydrogens (tertiary/aromatic N) is 2. The molecule has 1 aliphatic rings. The zero-order valence-corrected chi connectivity index (χ0v) is 52.9. The molecule has 0 bridgehead atoms. The number of aliphatic carboxylic acids is 1. The summed E-state index contributed by atoms with van der Waals surface area (Å²) in [6.45, 7) is 5.38. The average molecular weight is 1320 g/mol. The lowest BCUT2D eigenvalue weighted by Crippen LogP contribution is -2.61. The van der Waals surface area contributed by atoms with Crippen LogP contribution < -0.4 is 86.7 Å². The Morgan fingerprint density at radius 2 is 1.06 bits per heavy atom. The summed E-state index contributed by atoms with van der Waals surface area (Å²) < 4.78 is 0. The van der Waals surface area contributed by atoms with Crippen LogP contribution in [0.15, 0.2) is 48.0 Å². The summed E-state index contributed by atoms with van der Waals surface area (Å²) in [4.78, 5) is 206. The first kappa shape index (κ1) is 76.2. The highest BCUT2D eigenvalue weighted by atomic mass is 16.4. The molecular formula is C58H88N20O16. The number of nitrogens with two attached hydrogens (primary N) is 4. The highest BCUT2D eigenvalue weighted by molar-refractivity contribution is 6.01. The van der Waals surface area contributed by atoms with Crippen molar-refractivity contribution in [3.63, 3.8) is 0 Å². The number of imidazole rings is 1. The molecular weight excluding hydrogens is 1230 g/mol. The predicted octanol–water partition coefficient (Wildman–Crippen LogP) is -6.84. The van der Waals surface area contributed by atoms with Crippen molar-refractivity contribution in [2.45, 2.75) is 172 Å². The molecule has 36 heteroatoms. The van der Waals surface area contributed by atoms with E-state index in [1.54, 1.807) is 44.3 Å². The number of aliphatic imine (C=N–C) groups is 1. The van der Waals surface area contributed by atoms with Gasteiger partial charge in [-0.2, -0.15) is 0 Å². The van der Waals surface area contributed by atoms with Crippen LogP contribution >= 0.6 is 0 Å². The quantitative estimate of drug-likeness (QED) is 0.0284. The van der Waals surface area contributed by atoms with E-state index in [4.69, 9.17) is 22.9 Å². The summed E-state index contributed by atoms with van der Waals surface area (Å²) in [5.41, 5.74) is 23.7. The molecule has 2 aromatic heterocycles. The Labute approximate surface area is 540 Å². The number of amides is 13. The fourth-order valence-corrected chi connectivity index (χ4v) is 9.59. The topological polar surface area (TPSA) is 585 Å². The fourth-order valence-electron chi connectivity index (χ4n) is 9.59. The third kappa shape index (κ3) is 25.4. The van der Waals surface area contributed by atoms with Crippen molar-refractivity contribution < 1.29 is 77.3 Å². The molecule has 13 amide bonds. The Bertz CT molecular complexity index is 3190. The minimum absolute atomic E-state index is 0.0440. The van der Waals surface area contributed by atoms with E-state index in [0.29, 0.717) is 22.9 Å². The number of fused-ring (bicyclic) bond motifs is 1. The largest absolute Gasteiger partial charge is 0.481 e. The van der Waals surface area contributed by atoms with Gasteiger partial charge in [0.2, 0.25) is 76.8 Å². The lowest BCUT2D eigenvalue weighted by atomic mass is 10.0. The monoisotopic (exact) mass is 1320 g/mol. The van der Waals surface area contributed by atoms with E-state index in [1.807, 2.05) is 0 Å². The summed E-state index contributed by atoms with van der Waals surface area (Å²) >= 11 is 0. The van der Waals surface area contributed by atoms with E-state index < -0.39 is 182 Å². The van der Waals surface area contributed by atoms with Gasteiger partial charge in [-0.05, 0) is 89.8 Å². The third-order valence-electron chi connectivity index (χ3n) is 14.7. The molecule has 1 saturated heterocycles. The van der Waals surface area contributed by atoms with Gasteiger partial charge in [-0.15, -0.1) is 0 Å². The number of primary amides is 1. The zero-order valence-electron chi connectivity index (χ0n) is 52.9. The van der Waals surface area contributed by atoms with Crippen LogP contribution in [0.25, 0.3) is 10.9 Å². The van der Waals surface area contributed by atoms with Gasteiger partial charge in [-0.1, -0.05) is 32.0 Å². The number of benzene rings is 1. The second kappa shape index (κ2) is 37.9. The number of aromatic amines is 2. The number of carboxylic acid groups (broad SMARTS) is 1. The second-order valence-corrected chi connectivity index (χ2v) is 22.9. The molecule has 516 valence electrons. The fraction of sp³-hybridized carbons (Fsp3) is 0.552. The maximum atomic E-state index is 14.6. The number of H-pyrrole nitrogens is 2. The molecule has 1 fully saturated rings. The van der Waals surface area contributed by atoms with Crippen molar-refractivity contribution in [3.05, 3.63) is 54.2 Å². The van der Waals surface area contributed by atoms with Crippen LogP contribution in [-0.4, -0.2) is 207 Å². The van der Waals surface area contributed by atoms with Gasteiger partial charge in [-0.25, -0.2) is 4.98 Å². The normalized spacial score (nSPS) is 24.5. The lowest BCUT2D eigenvalue weighted by Gasteiger charge is -2.27. The zero-order chi connectivity index (χ0) is 69.8. The molecule has 0 spiro atoms. The van der Waals surface area contributed by atoms with Crippen LogP contribution in [0, 0.1) is 5.92 Å². The number of unbranched alkanes of at least 4 members (excludes halogenated alkanes) is 1. The number of carbonyl (C=O) groups excluding carboxylic acids is 13. The smallest absolute Gasteiger partial charge is 0.303 e. The minimum atomic E-state index is -1.90. The lowest BCUT2D eigenvalue weighted by molar-refractivity contribution is -0.139. The summed E-state index contributed by atoms with van der Waals surface area (Å²) in [6, 6.07) is -10.3. The predicted molar refractivity (Wildman–Crippen MR) is 336 cm³/mol. The molecule has 36 nitrogen and oxygen atoms in total. The van der Waals surface area contributed by atoms with Crippen LogP contribution in [0.1, 0.15) is 104 Å². The SMILES string of the molecule is CC(C)C[C@@H]1NC(=O)CNC(=O)[C@H](CCCN=C(N)N)NC(=O)[C@H](Cc2c[nH]c3ccccc23)NC(=O)[C@H](CO)NC(=O)[C@H](CCCCN)NC(=O)[C@H](C)NC(=O)[C@H](C)NC(=O)[C@H](C)NC(=O)[C@H](Cc2cnc[nH]2)NC(=O)[C@H](CC(N)=O)NC(=O)[C@H](CCC(=O)O)NC1=O. The Morgan fingerprint density at radius 1 is 0.574 bits per heavy atom. The van der Waals surface area contributed by atoms with Crippen LogP contribution in [0.2, 0.25) is 0 Å². The van der Waals surface area contributed by atoms with Crippen LogP contribution in [-0.2, 0) is 80.0 Å². The second-order valence-electron chi connectivity index (χ2n) is 22.9. The van der Waals surface area contributed by atoms with Gasteiger partial charge in [0.15, 0.2) is 5.96 Å². The number of hydrogen-bond acceptors (Lipinski definition) is 18. The molecule has 3 heterocycles. The van der Waals surface area contributed by atoms with Gasteiger partial charge in [0, 0.05) is 54.8 Å². The molecule has 0 radical (unpaired) electrons. The van der Waals surface area contributed by atoms with Gasteiger partial charge >= 0.3 is 5.97 Å². The molecule has 0 aliphatic carbocycles.